The molecule has 2 aromatic rings. The number of benzene rings is 2. The lowest BCUT2D eigenvalue weighted by Gasteiger charge is -2.36. The number of nitrogens with two attached hydrogens (primary N) is 1. The average molecular weight is 531 g/mol. The SMILES string of the molecule is Cc1c(NC(C(=O)N(N)C(=O)c2ccc(CO[Si](C)(C)C(C)(C)C)cc2)C(C)O)ccc(C#N)c1Cl. The molecule has 36 heavy (non-hydrogen) atoms. The summed E-state index contributed by atoms with van der Waals surface area (Å²) < 4.78 is 6.21. The van der Waals surface area contributed by atoms with E-state index in [-0.39, 0.29) is 21.2 Å². The van der Waals surface area contributed by atoms with E-state index in [1.54, 1.807) is 37.3 Å². The van der Waals surface area contributed by atoms with Gasteiger partial charge in [-0.1, -0.05) is 44.5 Å². The Balaban J connectivity index is 2.15. The van der Waals surface area contributed by atoms with Crippen LogP contribution in [0, 0.1) is 18.3 Å². The van der Waals surface area contributed by atoms with Gasteiger partial charge in [-0.25, -0.2) is 10.9 Å². The average Bonchev–Trinajstić information content (AvgIpc) is 2.81. The van der Waals surface area contributed by atoms with E-state index in [9.17, 15) is 14.7 Å². The zero-order valence-corrected chi connectivity index (χ0v) is 23.6. The minimum absolute atomic E-state index is 0.0827. The molecule has 0 spiro atoms. The summed E-state index contributed by atoms with van der Waals surface area (Å²) in [6, 6.07) is 10.6. The molecule has 0 aromatic heterocycles. The van der Waals surface area contributed by atoms with Crippen LogP contribution < -0.4 is 11.2 Å². The van der Waals surface area contributed by atoms with Gasteiger partial charge in [-0.2, -0.15) is 5.26 Å². The number of amides is 2. The first kappa shape index (κ1) is 29.5. The van der Waals surface area contributed by atoms with Gasteiger partial charge in [0.2, 0.25) is 0 Å². The Morgan fingerprint density at radius 3 is 2.31 bits per heavy atom. The molecule has 0 fully saturated rings. The first-order chi connectivity index (χ1) is 16.6. The Kier molecular flexibility index (Phi) is 9.45. The van der Waals surface area contributed by atoms with Crippen molar-refractivity contribution in [1.82, 2.24) is 5.01 Å². The quantitative estimate of drug-likeness (QED) is 0.194. The van der Waals surface area contributed by atoms with Crippen LogP contribution in [-0.2, 0) is 15.8 Å². The van der Waals surface area contributed by atoms with Gasteiger partial charge in [-0.3, -0.25) is 9.59 Å². The Morgan fingerprint density at radius 2 is 1.81 bits per heavy atom. The van der Waals surface area contributed by atoms with Gasteiger partial charge in [0.05, 0.1) is 23.3 Å². The fraction of sp³-hybridized carbons (Fsp3) is 0.423. The number of hydrazine groups is 1. The van der Waals surface area contributed by atoms with Crippen LogP contribution in [0.4, 0.5) is 5.69 Å². The van der Waals surface area contributed by atoms with Gasteiger partial charge in [0.15, 0.2) is 8.32 Å². The molecule has 0 aliphatic rings. The zero-order valence-electron chi connectivity index (χ0n) is 21.8. The molecule has 2 unspecified atom stereocenters. The number of aliphatic hydroxyl groups is 1. The summed E-state index contributed by atoms with van der Waals surface area (Å²) in [5, 5.41) is 23.1. The summed E-state index contributed by atoms with van der Waals surface area (Å²) >= 11 is 6.21. The maximum Gasteiger partial charge on any atom is 0.274 e. The monoisotopic (exact) mass is 530 g/mol. The number of hydrogen-bond acceptors (Lipinski definition) is 7. The summed E-state index contributed by atoms with van der Waals surface area (Å²) in [4.78, 5) is 26.0. The molecule has 0 radical (unpaired) electrons. The standard InChI is InChI=1S/C26H35ClN4O4Si/c1-16-21(13-12-20(14-28)22(16)27)30-23(17(2)32)25(34)31(29)24(33)19-10-8-18(9-11-19)15-35-36(6,7)26(3,4)5/h8-13,17,23,30,32H,15,29H2,1-7H3. The van der Waals surface area contributed by atoms with Crippen LogP contribution in [0.15, 0.2) is 36.4 Å². The second kappa shape index (κ2) is 11.5. The fourth-order valence-electron chi connectivity index (χ4n) is 3.10. The van der Waals surface area contributed by atoms with Crippen molar-refractivity contribution in [1.29, 1.82) is 5.26 Å². The van der Waals surface area contributed by atoms with Crippen molar-refractivity contribution in [3.8, 4) is 6.07 Å². The molecule has 0 saturated carbocycles. The maximum absolute atomic E-state index is 13.1. The predicted molar refractivity (Wildman–Crippen MR) is 144 cm³/mol. The van der Waals surface area contributed by atoms with E-state index in [4.69, 9.17) is 27.1 Å². The van der Waals surface area contributed by atoms with Crippen molar-refractivity contribution >= 4 is 37.4 Å². The van der Waals surface area contributed by atoms with Gasteiger partial charge in [0, 0.05) is 11.3 Å². The number of hydrogen-bond donors (Lipinski definition) is 3. The molecule has 0 aliphatic carbocycles. The van der Waals surface area contributed by atoms with Crippen LogP contribution in [0.1, 0.15) is 54.7 Å². The maximum atomic E-state index is 13.1. The second-order valence-corrected chi connectivity index (χ2v) is 15.5. The smallest absolute Gasteiger partial charge is 0.274 e. The number of aliphatic hydroxyl groups excluding tert-OH is 1. The van der Waals surface area contributed by atoms with Gasteiger partial charge < -0.3 is 14.8 Å². The normalized spacial score (nSPS) is 13.5. The van der Waals surface area contributed by atoms with E-state index in [1.165, 1.54) is 13.0 Å². The summed E-state index contributed by atoms with van der Waals surface area (Å²) in [5.41, 5.74) is 2.38. The molecule has 0 heterocycles. The lowest BCUT2D eigenvalue weighted by molar-refractivity contribution is -0.131. The van der Waals surface area contributed by atoms with Gasteiger partial charge in [-0.15, -0.1) is 0 Å². The van der Waals surface area contributed by atoms with Gasteiger partial charge in [0.25, 0.3) is 11.8 Å². The highest BCUT2D eigenvalue weighted by Gasteiger charge is 2.37. The van der Waals surface area contributed by atoms with Crippen molar-refractivity contribution in [2.24, 2.45) is 5.84 Å². The molecular formula is C26H35ClN4O4Si. The summed E-state index contributed by atoms with van der Waals surface area (Å²) in [6.45, 7) is 14.4. The van der Waals surface area contributed by atoms with Crippen molar-refractivity contribution < 1.29 is 19.1 Å². The fourth-order valence-corrected chi connectivity index (χ4v) is 4.26. The topological polar surface area (TPSA) is 129 Å². The van der Waals surface area contributed by atoms with Gasteiger partial charge in [-0.05, 0) is 67.4 Å². The minimum atomic E-state index is -1.92. The summed E-state index contributed by atoms with van der Waals surface area (Å²) in [7, 11) is -1.92. The first-order valence-electron chi connectivity index (χ1n) is 11.6. The van der Waals surface area contributed by atoms with Crippen LogP contribution >= 0.6 is 11.6 Å². The number of carbonyl (C=O) groups is 2. The molecule has 0 saturated heterocycles. The number of nitrogens with zero attached hydrogens (tertiary/aromatic N) is 2. The number of rotatable bonds is 8. The van der Waals surface area contributed by atoms with Crippen molar-refractivity contribution in [2.45, 2.75) is 71.5 Å². The number of anilines is 1. The Morgan fingerprint density at radius 1 is 1.22 bits per heavy atom. The Hall–Kier alpha value is -2.74. The van der Waals surface area contributed by atoms with Gasteiger partial charge in [0.1, 0.15) is 12.1 Å². The van der Waals surface area contributed by atoms with Crippen molar-refractivity contribution in [3.63, 3.8) is 0 Å². The highest BCUT2D eigenvalue weighted by Crippen LogP contribution is 2.37. The third-order valence-corrected chi connectivity index (χ3v) is 11.6. The third kappa shape index (κ3) is 6.72. The van der Waals surface area contributed by atoms with Crippen LogP contribution in [0.5, 0.6) is 0 Å². The van der Waals surface area contributed by atoms with Crippen LogP contribution in [-0.4, -0.2) is 42.4 Å². The van der Waals surface area contributed by atoms with Crippen molar-refractivity contribution in [3.05, 3.63) is 63.7 Å². The Labute approximate surface area is 219 Å². The largest absolute Gasteiger partial charge is 0.413 e. The molecule has 2 atom stereocenters. The number of nitrogens with one attached hydrogen (secondary N) is 1. The highest BCUT2D eigenvalue weighted by atomic mass is 35.5. The first-order valence-corrected chi connectivity index (χ1v) is 14.9. The Bertz CT molecular complexity index is 1150. The molecule has 8 nitrogen and oxygen atoms in total. The van der Waals surface area contributed by atoms with Crippen LogP contribution in [0.25, 0.3) is 0 Å². The molecule has 194 valence electrons. The molecule has 2 amide bonds. The number of imide groups is 1. The lowest BCUT2D eigenvalue weighted by Crippen LogP contribution is -2.53. The summed E-state index contributed by atoms with van der Waals surface area (Å²) in [5.74, 6) is 4.37. The molecule has 10 heteroatoms. The molecule has 0 bridgehead atoms. The van der Waals surface area contributed by atoms with Gasteiger partial charge >= 0.3 is 0 Å². The molecule has 2 rings (SSSR count). The van der Waals surface area contributed by atoms with E-state index < -0.39 is 32.3 Å². The van der Waals surface area contributed by atoms with E-state index >= 15 is 0 Å². The van der Waals surface area contributed by atoms with Crippen LogP contribution in [0.2, 0.25) is 23.2 Å². The number of carbonyl (C=O) groups excluding carboxylic acids is 2. The molecule has 2 aromatic carbocycles. The third-order valence-electron chi connectivity index (χ3n) is 6.63. The minimum Gasteiger partial charge on any atom is -0.413 e. The van der Waals surface area contributed by atoms with Crippen molar-refractivity contribution in [2.75, 3.05) is 5.32 Å². The number of nitriles is 1. The molecular weight excluding hydrogens is 496 g/mol. The van der Waals surface area contributed by atoms with E-state index in [1.807, 2.05) is 6.07 Å². The van der Waals surface area contributed by atoms with E-state index in [0.717, 1.165) is 5.56 Å². The highest BCUT2D eigenvalue weighted by molar-refractivity contribution is 6.74. The lowest BCUT2D eigenvalue weighted by atomic mass is 10.1. The molecule has 0 aliphatic heterocycles. The van der Waals surface area contributed by atoms with Crippen LogP contribution in [0.3, 0.4) is 0 Å². The molecule has 4 N–H and O–H groups in total. The van der Waals surface area contributed by atoms with E-state index in [0.29, 0.717) is 22.9 Å². The summed E-state index contributed by atoms with van der Waals surface area (Å²) in [6.07, 6.45) is -1.18. The second-order valence-electron chi connectivity index (χ2n) is 10.3. The van der Waals surface area contributed by atoms with E-state index in [2.05, 4.69) is 39.2 Å². The zero-order chi connectivity index (χ0) is 27.4. The predicted octanol–water partition coefficient (Wildman–Crippen LogP) is 4.75. The number of halogens is 1.